The molecule has 0 spiro atoms. The predicted octanol–water partition coefficient (Wildman–Crippen LogP) is 3.13. The average molecular weight is 251 g/mol. The lowest BCUT2D eigenvalue weighted by molar-refractivity contribution is -0.355. The van der Waals surface area contributed by atoms with Crippen LogP contribution in [0.25, 0.3) is 0 Å². The van der Waals surface area contributed by atoms with E-state index in [4.69, 9.17) is 0 Å². The molecule has 2 aromatic carbocycles. The highest BCUT2D eigenvalue weighted by Gasteiger charge is 2.36. The van der Waals surface area contributed by atoms with Crippen molar-refractivity contribution < 1.29 is 9.53 Å². The Morgan fingerprint density at radius 1 is 1.00 bits per heavy atom. The standard InChI is InChI=1S/C16H13NO2/c1-10-4-3-5-12(8-10)15-16(18)13-7-6-11(2)9-14(13)17(15)19/h3-9H,1-2H3. The maximum absolute atomic E-state index is 12.4. The number of carbonyl (C=O) groups excluding carboxylic acids is 1. The van der Waals surface area contributed by atoms with Crippen LogP contribution in [0.15, 0.2) is 42.5 Å². The van der Waals surface area contributed by atoms with E-state index in [1.54, 1.807) is 18.2 Å². The number of nitrogens with zero attached hydrogens (tertiary/aromatic N) is 1. The van der Waals surface area contributed by atoms with E-state index in [1.165, 1.54) is 0 Å². The molecular weight excluding hydrogens is 238 g/mol. The lowest BCUT2D eigenvalue weighted by Crippen LogP contribution is -2.16. The fraction of sp³-hybridized carbons (Fsp3) is 0.125. The van der Waals surface area contributed by atoms with Crippen LogP contribution in [0.3, 0.4) is 0 Å². The summed E-state index contributed by atoms with van der Waals surface area (Å²) in [7, 11) is 0. The van der Waals surface area contributed by atoms with E-state index in [0.717, 1.165) is 15.9 Å². The van der Waals surface area contributed by atoms with Crippen molar-refractivity contribution in [2.45, 2.75) is 13.8 Å². The molecule has 1 heterocycles. The monoisotopic (exact) mass is 251 g/mol. The summed E-state index contributed by atoms with van der Waals surface area (Å²) in [5.74, 6) is -0.199. The quantitative estimate of drug-likeness (QED) is 0.577. The van der Waals surface area contributed by atoms with E-state index < -0.39 is 0 Å². The Hall–Kier alpha value is -2.42. The van der Waals surface area contributed by atoms with Crippen molar-refractivity contribution in [3.63, 3.8) is 0 Å². The first-order valence-electron chi connectivity index (χ1n) is 6.14. The van der Waals surface area contributed by atoms with Crippen LogP contribution in [-0.4, -0.2) is 16.2 Å². The Morgan fingerprint density at radius 3 is 2.47 bits per heavy atom. The summed E-state index contributed by atoms with van der Waals surface area (Å²) in [4.78, 5) is 12.4. The molecule has 0 aromatic heterocycles. The van der Waals surface area contributed by atoms with Gasteiger partial charge in [-0.3, -0.25) is 4.79 Å². The molecule has 3 rings (SSSR count). The molecule has 0 aliphatic carbocycles. The first-order valence-corrected chi connectivity index (χ1v) is 6.14. The number of carbonyl (C=O) groups is 1. The molecule has 19 heavy (non-hydrogen) atoms. The van der Waals surface area contributed by atoms with Crippen LogP contribution < -0.4 is 0 Å². The minimum atomic E-state index is -0.199. The number of Topliss-reactive ketones (excluding diaryl/α,β-unsaturated/α-hetero) is 1. The normalized spacial score (nSPS) is 13.9. The summed E-state index contributed by atoms with van der Waals surface area (Å²) in [6.45, 7) is 3.85. The fourth-order valence-corrected chi connectivity index (χ4v) is 2.38. The summed E-state index contributed by atoms with van der Waals surface area (Å²) in [6, 6.07) is 12.8. The van der Waals surface area contributed by atoms with Gasteiger partial charge in [0.15, 0.2) is 0 Å². The summed E-state index contributed by atoms with van der Waals surface area (Å²) in [5.41, 5.74) is 3.81. The first kappa shape index (κ1) is 11.7. The van der Waals surface area contributed by atoms with Gasteiger partial charge in [0.1, 0.15) is 5.56 Å². The van der Waals surface area contributed by atoms with Crippen molar-refractivity contribution in [1.29, 1.82) is 0 Å². The van der Waals surface area contributed by atoms with Crippen molar-refractivity contribution in [3.05, 3.63) is 69.9 Å². The van der Waals surface area contributed by atoms with Crippen molar-refractivity contribution in [2.24, 2.45) is 0 Å². The van der Waals surface area contributed by atoms with Gasteiger partial charge in [0.25, 0.3) is 11.5 Å². The van der Waals surface area contributed by atoms with Gasteiger partial charge in [-0.05, 0) is 37.6 Å². The van der Waals surface area contributed by atoms with Gasteiger partial charge in [0, 0.05) is 6.07 Å². The molecule has 0 unspecified atom stereocenters. The summed E-state index contributed by atoms with van der Waals surface area (Å²) in [6.07, 6.45) is 0. The topological polar surface area (TPSA) is 43.1 Å². The maximum Gasteiger partial charge on any atom is 0.272 e. The zero-order valence-corrected chi connectivity index (χ0v) is 10.8. The maximum atomic E-state index is 12.4. The second-order valence-electron chi connectivity index (χ2n) is 4.86. The highest BCUT2D eigenvalue weighted by molar-refractivity contribution is 6.52. The Bertz CT molecular complexity index is 729. The van der Waals surface area contributed by atoms with E-state index in [0.29, 0.717) is 16.8 Å². The molecular formula is C16H13NO2. The number of ketones is 1. The van der Waals surface area contributed by atoms with Gasteiger partial charge in [-0.25, -0.2) is 0 Å². The van der Waals surface area contributed by atoms with Crippen molar-refractivity contribution in [3.8, 4) is 0 Å². The zero-order chi connectivity index (χ0) is 13.6. The molecule has 0 fully saturated rings. The number of rotatable bonds is 1. The van der Waals surface area contributed by atoms with Gasteiger partial charge in [-0.1, -0.05) is 23.8 Å². The molecule has 0 amide bonds. The zero-order valence-electron chi connectivity index (χ0n) is 10.8. The number of hydrogen-bond acceptors (Lipinski definition) is 2. The van der Waals surface area contributed by atoms with Gasteiger partial charge in [-0.15, -0.1) is 0 Å². The van der Waals surface area contributed by atoms with Crippen molar-refractivity contribution in [2.75, 3.05) is 0 Å². The Labute approximate surface area is 111 Å². The van der Waals surface area contributed by atoms with Crippen LogP contribution in [-0.2, 0) is 0 Å². The van der Waals surface area contributed by atoms with Crippen LogP contribution in [0.2, 0.25) is 0 Å². The third-order valence-electron chi connectivity index (χ3n) is 3.33. The summed E-state index contributed by atoms with van der Waals surface area (Å²) >= 11 is 0. The van der Waals surface area contributed by atoms with Crippen LogP contribution in [0.4, 0.5) is 5.69 Å². The minimum absolute atomic E-state index is 0.199. The molecule has 0 N–H and O–H groups in total. The molecule has 1 aliphatic heterocycles. The molecule has 0 saturated heterocycles. The predicted molar refractivity (Wildman–Crippen MR) is 74.1 cm³/mol. The third kappa shape index (κ3) is 1.74. The lowest BCUT2D eigenvalue weighted by Gasteiger charge is -2.03. The molecule has 3 heteroatoms. The van der Waals surface area contributed by atoms with Gasteiger partial charge in [0.2, 0.25) is 5.69 Å². The minimum Gasteiger partial charge on any atom is -0.618 e. The molecule has 94 valence electrons. The fourth-order valence-electron chi connectivity index (χ4n) is 2.38. The molecule has 0 radical (unpaired) electrons. The molecule has 2 aromatic rings. The largest absolute Gasteiger partial charge is 0.618 e. The molecule has 3 nitrogen and oxygen atoms in total. The Balaban J connectivity index is 2.22. The summed E-state index contributed by atoms with van der Waals surface area (Å²) in [5, 5.41) is 12.3. The van der Waals surface area contributed by atoms with E-state index >= 15 is 0 Å². The highest BCUT2D eigenvalue weighted by atomic mass is 16.5. The van der Waals surface area contributed by atoms with Crippen LogP contribution in [0, 0.1) is 19.1 Å². The van der Waals surface area contributed by atoms with Crippen LogP contribution in [0.5, 0.6) is 0 Å². The van der Waals surface area contributed by atoms with Gasteiger partial charge >= 0.3 is 0 Å². The Morgan fingerprint density at radius 2 is 1.74 bits per heavy atom. The summed E-state index contributed by atoms with van der Waals surface area (Å²) < 4.78 is 0.749. The van der Waals surface area contributed by atoms with Gasteiger partial charge in [0.05, 0.1) is 5.56 Å². The molecule has 1 aliphatic rings. The van der Waals surface area contributed by atoms with Gasteiger partial charge in [-0.2, -0.15) is 4.74 Å². The SMILES string of the molecule is Cc1cccc(C2=[N+]([O-])c3cc(C)ccc3C2=O)c1. The number of fused-ring (bicyclic) bond motifs is 1. The van der Waals surface area contributed by atoms with Gasteiger partial charge < -0.3 is 5.21 Å². The number of hydrogen-bond donors (Lipinski definition) is 0. The Kier molecular flexibility index (Phi) is 2.49. The third-order valence-corrected chi connectivity index (χ3v) is 3.33. The van der Waals surface area contributed by atoms with E-state index in [2.05, 4.69) is 0 Å². The average Bonchev–Trinajstić information content (AvgIpc) is 2.61. The van der Waals surface area contributed by atoms with Crippen molar-refractivity contribution in [1.82, 2.24) is 0 Å². The van der Waals surface area contributed by atoms with Crippen molar-refractivity contribution >= 4 is 17.2 Å². The number of benzene rings is 2. The lowest BCUT2D eigenvalue weighted by atomic mass is 10.0. The van der Waals surface area contributed by atoms with E-state index in [1.807, 2.05) is 38.1 Å². The smallest absolute Gasteiger partial charge is 0.272 e. The highest BCUT2D eigenvalue weighted by Crippen LogP contribution is 2.29. The number of aryl methyl sites for hydroxylation is 2. The molecule has 0 atom stereocenters. The molecule has 0 saturated carbocycles. The van der Waals surface area contributed by atoms with E-state index in [-0.39, 0.29) is 11.5 Å². The molecule has 0 bridgehead atoms. The van der Waals surface area contributed by atoms with Crippen LogP contribution >= 0.6 is 0 Å². The first-order chi connectivity index (χ1) is 9.08. The van der Waals surface area contributed by atoms with Crippen LogP contribution in [0.1, 0.15) is 27.0 Å². The van der Waals surface area contributed by atoms with E-state index in [9.17, 15) is 10.0 Å². The second-order valence-corrected chi connectivity index (χ2v) is 4.86. The second kappa shape index (κ2) is 4.05.